The average Bonchev–Trinajstić information content (AvgIpc) is 3.25. The quantitative estimate of drug-likeness (QED) is 0.0219. The Balaban J connectivity index is 0.898. The number of halogens is 8. The van der Waals surface area contributed by atoms with E-state index < -0.39 is 5.97 Å². The zero-order valence-electron chi connectivity index (χ0n) is 37.5. The fraction of sp³-hybridized carbons (Fsp3) is 0.447. The molecule has 68 heavy (non-hydrogen) atoms. The molecule has 4 aromatic carbocycles. The summed E-state index contributed by atoms with van der Waals surface area (Å²) in [4.78, 5) is 22.7. The van der Waals surface area contributed by atoms with E-state index in [1.54, 1.807) is 6.92 Å². The highest BCUT2D eigenvalue weighted by Gasteiger charge is 2.17. The number of carbonyl (C=O) groups excluding carboxylic acids is 1. The normalized spacial score (nSPS) is 11.2. The number of rotatable bonds is 35. The van der Waals surface area contributed by atoms with Crippen LogP contribution in [-0.4, -0.2) is 109 Å². The van der Waals surface area contributed by atoms with Crippen molar-refractivity contribution in [2.75, 3.05) is 92.0 Å². The van der Waals surface area contributed by atoms with Crippen molar-refractivity contribution in [3.8, 4) is 34.5 Å². The van der Waals surface area contributed by atoms with Gasteiger partial charge in [0.25, 0.3) is 0 Å². The van der Waals surface area contributed by atoms with Gasteiger partial charge in [0.15, 0.2) is 11.5 Å². The molecule has 5 N–H and O–H groups in total. The number of nitrogens with one attached hydrogen (secondary N) is 4. The number of carboxylic acids is 1. The molecule has 0 heterocycles. The van der Waals surface area contributed by atoms with Crippen molar-refractivity contribution >= 4 is 192 Å². The Labute approximate surface area is 509 Å². The van der Waals surface area contributed by atoms with Crippen molar-refractivity contribution in [2.24, 2.45) is 0 Å². The highest BCUT2D eigenvalue weighted by molar-refractivity contribution is 14.1. The van der Waals surface area contributed by atoms with Crippen LogP contribution >= 0.6 is 181 Å². The van der Waals surface area contributed by atoms with Gasteiger partial charge in [0.05, 0.1) is 74.6 Å². The smallest absolute Gasteiger partial charge is 0.307 e. The molecule has 4 aromatic rings. The van der Waals surface area contributed by atoms with Gasteiger partial charge in [-0.3, -0.25) is 9.59 Å². The molecule has 0 aliphatic rings. The molecular formula is C47H56I8N4O9. The van der Waals surface area contributed by atoms with E-state index in [1.807, 2.05) is 48.5 Å². The van der Waals surface area contributed by atoms with Crippen molar-refractivity contribution in [3.05, 3.63) is 88.2 Å². The molecule has 0 aliphatic carbocycles. The molecule has 0 unspecified atom stereocenters. The second-order valence-electron chi connectivity index (χ2n) is 15.2. The van der Waals surface area contributed by atoms with E-state index >= 15 is 0 Å². The minimum absolute atomic E-state index is 0.0176. The van der Waals surface area contributed by atoms with Crippen molar-refractivity contribution in [1.82, 2.24) is 21.3 Å². The first-order chi connectivity index (χ1) is 32.7. The molecule has 0 spiro atoms. The SMILES string of the molecule is CC(=O)Cc1cc(I)c(Oc2cc(I)c(OCCCNCCCNCCOCCOCCNCCCNCCCOc3c(I)cc(Oc4c(I)cc(CC(=O)O)cc4I)cc3I)c(I)c2)c(I)c1. The van der Waals surface area contributed by atoms with Crippen LogP contribution in [0, 0.1) is 28.6 Å². The average molecular weight is 1840 g/mol. The van der Waals surface area contributed by atoms with Gasteiger partial charge >= 0.3 is 5.97 Å². The summed E-state index contributed by atoms with van der Waals surface area (Å²) in [5.74, 6) is 4.02. The minimum atomic E-state index is -0.854. The van der Waals surface area contributed by atoms with E-state index in [-0.39, 0.29) is 12.2 Å². The summed E-state index contributed by atoms with van der Waals surface area (Å²) in [7, 11) is 0. The Morgan fingerprint density at radius 2 is 0.750 bits per heavy atom. The Bertz CT molecular complexity index is 1980. The lowest BCUT2D eigenvalue weighted by molar-refractivity contribution is -0.136. The van der Waals surface area contributed by atoms with Crippen LogP contribution in [0.15, 0.2) is 48.5 Å². The molecule has 13 nitrogen and oxygen atoms in total. The van der Waals surface area contributed by atoms with Crippen molar-refractivity contribution in [1.29, 1.82) is 0 Å². The van der Waals surface area contributed by atoms with Crippen LogP contribution in [0.2, 0.25) is 0 Å². The van der Waals surface area contributed by atoms with Gasteiger partial charge in [-0.25, -0.2) is 0 Å². The maximum atomic E-state index is 11.6. The van der Waals surface area contributed by atoms with E-state index in [0.29, 0.717) is 51.8 Å². The summed E-state index contributed by atoms with van der Waals surface area (Å²) < 4.78 is 43.9. The van der Waals surface area contributed by atoms with Gasteiger partial charge in [0, 0.05) is 19.5 Å². The number of carboxylic acid groups (broad SMARTS) is 1. The van der Waals surface area contributed by atoms with Crippen molar-refractivity contribution in [2.45, 2.75) is 45.4 Å². The van der Waals surface area contributed by atoms with Crippen LogP contribution in [-0.2, 0) is 31.9 Å². The highest BCUT2D eigenvalue weighted by atomic mass is 127. The molecule has 0 aliphatic heterocycles. The van der Waals surface area contributed by atoms with Crippen LogP contribution in [0.5, 0.6) is 34.5 Å². The van der Waals surface area contributed by atoms with Crippen molar-refractivity contribution in [3.63, 3.8) is 0 Å². The Morgan fingerprint density at radius 3 is 1.10 bits per heavy atom. The number of ketones is 1. The molecule has 0 radical (unpaired) electrons. The maximum absolute atomic E-state index is 11.6. The Morgan fingerprint density at radius 1 is 0.426 bits per heavy atom. The minimum Gasteiger partial charge on any atom is -0.491 e. The fourth-order valence-electron chi connectivity index (χ4n) is 6.32. The molecule has 0 atom stereocenters. The molecule has 374 valence electrons. The monoisotopic (exact) mass is 1840 g/mol. The lowest BCUT2D eigenvalue weighted by Crippen LogP contribution is -2.26. The number of hydrogen-bond donors (Lipinski definition) is 5. The van der Waals surface area contributed by atoms with E-state index in [2.05, 4.69) is 202 Å². The molecular weight excluding hydrogens is 1780 g/mol. The standard InChI is InChI=1S/C47H56I8N4O9/c1-30(60)20-31-21-35(48)46(36(49)22-31)67-33-26-39(52)44(40(53)27-33)65-14-4-10-56-6-2-8-58-12-16-63-18-19-64-17-13-59-9-3-7-57-11-5-15-66-45-41(54)28-34(29-42(45)55)68-47-37(50)23-32(24-38(47)51)25-43(61)62/h21-24,26-29,56-59H,2-20,25H2,1H3,(H,61,62). The largest absolute Gasteiger partial charge is 0.491 e. The lowest BCUT2D eigenvalue weighted by atomic mass is 10.1. The molecule has 4 rings (SSSR count). The summed E-state index contributed by atoms with van der Waals surface area (Å²) in [6, 6.07) is 15.7. The van der Waals surface area contributed by atoms with E-state index in [4.69, 9.17) is 33.5 Å². The first-order valence-electron chi connectivity index (χ1n) is 22.0. The summed E-state index contributed by atoms with van der Waals surface area (Å²) >= 11 is 18.1. The molecule has 0 bridgehead atoms. The van der Waals surface area contributed by atoms with Gasteiger partial charge in [-0.1, -0.05) is 0 Å². The molecule has 0 amide bonds. The second kappa shape index (κ2) is 35.1. The number of hydrogen-bond acceptors (Lipinski definition) is 12. The molecule has 0 aromatic heterocycles. The zero-order valence-corrected chi connectivity index (χ0v) is 54.8. The zero-order chi connectivity index (χ0) is 49.3. The van der Waals surface area contributed by atoms with Gasteiger partial charge in [0.2, 0.25) is 0 Å². The molecule has 0 saturated heterocycles. The van der Waals surface area contributed by atoms with E-state index in [1.165, 1.54) is 0 Å². The van der Waals surface area contributed by atoms with Gasteiger partial charge in [-0.05, 0) is 312 Å². The van der Waals surface area contributed by atoms with Crippen LogP contribution < -0.4 is 40.2 Å². The third-order valence-electron chi connectivity index (χ3n) is 9.43. The van der Waals surface area contributed by atoms with Crippen LogP contribution in [0.3, 0.4) is 0 Å². The number of benzene rings is 4. The summed E-state index contributed by atoms with van der Waals surface area (Å²) in [5, 5.41) is 23.0. The third-order valence-corrected chi connectivity index (χ3v) is 15.8. The third kappa shape index (κ3) is 24.0. The van der Waals surface area contributed by atoms with E-state index in [9.17, 15) is 9.59 Å². The van der Waals surface area contributed by atoms with Crippen LogP contribution in [0.25, 0.3) is 0 Å². The first kappa shape index (κ1) is 61.4. The summed E-state index contributed by atoms with van der Waals surface area (Å²) in [6.45, 7) is 12.6. The van der Waals surface area contributed by atoms with Gasteiger partial charge in [-0.15, -0.1) is 0 Å². The van der Waals surface area contributed by atoms with Crippen LogP contribution in [0.1, 0.15) is 43.7 Å². The maximum Gasteiger partial charge on any atom is 0.307 e. The van der Waals surface area contributed by atoms with Crippen molar-refractivity contribution < 1.29 is 43.1 Å². The first-order valence-corrected chi connectivity index (χ1v) is 30.6. The van der Waals surface area contributed by atoms with Crippen LogP contribution in [0.4, 0.5) is 0 Å². The topological polar surface area (TPSA) is 158 Å². The lowest BCUT2D eigenvalue weighted by Gasteiger charge is -2.15. The van der Waals surface area contributed by atoms with Gasteiger partial charge in [0.1, 0.15) is 28.8 Å². The predicted octanol–water partition coefficient (Wildman–Crippen LogP) is 11.3. The Hall–Kier alpha value is 0.820. The van der Waals surface area contributed by atoms with E-state index in [0.717, 1.165) is 146 Å². The predicted molar refractivity (Wildman–Crippen MR) is 336 cm³/mol. The Kier molecular flexibility index (Phi) is 31.7. The summed E-state index contributed by atoms with van der Waals surface area (Å²) in [5.41, 5.74) is 1.75. The fourth-order valence-corrected chi connectivity index (χ4v) is 14.6. The number of carbonyl (C=O) groups is 2. The molecule has 21 heteroatoms. The molecule has 0 fully saturated rings. The summed E-state index contributed by atoms with van der Waals surface area (Å²) in [6.07, 6.45) is 4.30. The number of Topliss-reactive ketones (excluding diaryl/α,β-unsaturated/α-hetero) is 1. The number of aliphatic carboxylic acids is 1. The molecule has 0 saturated carbocycles. The van der Waals surface area contributed by atoms with Gasteiger partial charge < -0.3 is 54.8 Å². The highest BCUT2D eigenvalue weighted by Crippen LogP contribution is 2.39. The second-order valence-corrected chi connectivity index (χ2v) is 24.5. The number of ether oxygens (including phenoxy) is 6. The van der Waals surface area contributed by atoms with Gasteiger partial charge in [-0.2, -0.15) is 0 Å².